The highest BCUT2D eigenvalue weighted by molar-refractivity contribution is 8.00. The van der Waals surface area contributed by atoms with Gasteiger partial charge in [-0.1, -0.05) is 45.5 Å². The number of hydrogen-bond acceptors (Lipinski definition) is 11. The Bertz CT molecular complexity index is 1540. The summed E-state index contributed by atoms with van der Waals surface area (Å²) < 4.78 is 6.39. The number of nitrogens with zero attached hydrogens (tertiary/aromatic N) is 4. The van der Waals surface area contributed by atoms with E-state index in [-0.39, 0.29) is 59.2 Å². The zero-order chi connectivity index (χ0) is 33.7. The van der Waals surface area contributed by atoms with Crippen LogP contribution >= 0.6 is 11.8 Å². The number of piperidine rings is 1. The first-order chi connectivity index (χ1) is 22.3. The minimum atomic E-state index is -0.730. The number of carbonyl (C=O) groups is 3. The summed E-state index contributed by atoms with van der Waals surface area (Å²) in [5.74, 6) is -0.744. The number of ketones is 1. The summed E-state index contributed by atoms with van der Waals surface area (Å²) >= 11 is 1.16. The average Bonchev–Trinajstić information content (AvgIpc) is 3.66. The molecule has 2 bridgehead atoms. The fourth-order valence-electron chi connectivity index (χ4n) is 9.23. The number of carbonyl (C=O) groups excluding carboxylic acids is 3. The number of anilines is 1. The van der Waals surface area contributed by atoms with E-state index in [1.54, 1.807) is 6.08 Å². The summed E-state index contributed by atoms with van der Waals surface area (Å²) in [5, 5.41) is 24.7. The molecule has 4 aliphatic rings. The lowest BCUT2D eigenvalue weighted by molar-refractivity contribution is -0.205. The van der Waals surface area contributed by atoms with Crippen molar-refractivity contribution in [2.24, 2.45) is 34.0 Å². The van der Waals surface area contributed by atoms with Crippen molar-refractivity contribution in [2.75, 3.05) is 30.7 Å². The number of imidazole rings is 1. The molecule has 12 nitrogen and oxygen atoms in total. The van der Waals surface area contributed by atoms with Crippen LogP contribution in [0.3, 0.4) is 0 Å². The van der Waals surface area contributed by atoms with Crippen molar-refractivity contribution in [1.29, 1.82) is 0 Å². The number of aliphatic hydroxyl groups excluding tert-OH is 2. The van der Waals surface area contributed by atoms with Crippen LogP contribution in [0.1, 0.15) is 72.6 Å². The fraction of sp³-hybridized carbons (Fsp3) is 0.706. The molecule has 2 aromatic rings. The zero-order valence-corrected chi connectivity index (χ0v) is 28.6. The van der Waals surface area contributed by atoms with Crippen molar-refractivity contribution in [3.63, 3.8) is 0 Å². The van der Waals surface area contributed by atoms with Gasteiger partial charge in [-0.25, -0.2) is 9.97 Å². The van der Waals surface area contributed by atoms with Crippen molar-refractivity contribution < 1.29 is 29.3 Å². The molecule has 47 heavy (non-hydrogen) atoms. The molecule has 3 aliphatic carbocycles. The predicted octanol–water partition coefficient (Wildman–Crippen LogP) is 3.75. The van der Waals surface area contributed by atoms with Crippen molar-refractivity contribution in [3.8, 4) is 0 Å². The minimum absolute atomic E-state index is 0.0664. The maximum Gasteiger partial charge on any atom is 0.316 e. The molecule has 0 radical (unpaired) electrons. The number of esters is 1. The molecular weight excluding hydrogens is 620 g/mol. The van der Waals surface area contributed by atoms with Gasteiger partial charge in [-0.3, -0.25) is 24.6 Å². The van der Waals surface area contributed by atoms with Gasteiger partial charge < -0.3 is 19.9 Å². The van der Waals surface area contributed by atoms with Gasteiger partial charge in [0.1, 0.15) is 22.4 Å². The summed E-state index contributed by atoms with van der Waals surface area (Å²) in [4.78, 5) is 58.4. The Morgan fingerprint density at radius 1 is 1.19 bits per heavy atom. The van der Waals surface area contributed by atoms with Crippen LogP contribution < -0.4 is 5.32 Å². The van der Waals surface area contributed by atoms with Gasteiger partial charge in [0.25, 0.3) is 0 Å². The lowest BCUT2D eigenvalue weighted by Crippen LogP contribution is -2.63. The molecule has 13 heteroatoms. The first-order valence-electron chi connectivity index (χ1n) is 16.9. The molecule has 4 fully saturated rings. The minimum Gasteiger partial charge on any atom is -0.461 e. The van der Waals surface area contributed by atoms with Crippen molar-refractivity contribution in [2.45, 2.75) is 96.0 Å². The van der Waals surface area contributed by atoms with Gasteiger partial charge in [0.05, 0.1) is 30.8 Å². The predicted molar refractivity (Wildman–Crippen MR) is 177 cm³/mol. The van der Waals surface area contributed by atoms with Gasteiger partial charge in [0, 0.05) is 36.3 Å². The molecular formula is C34H48N6O6S. The maximum atomic E-state index is 13.7. The van der Waals surface area contributed by atoms with E-state index in [9.17, 15) is 24.6 Å². The Labute approximate surface area is 279 Å². The summed E-state index contributed by atoms with van der Waals surface area (Å²) in [6.07, 6.45) is 6.24. The molecule has 256 valence electrons. The summed E-state index contributed by atoms with van der Waals surface area (Å²) in [7, 11) is 0. The molecule has 0 aromatic carbocycles. The number of likely N-dealkylation sites (tertiary alicyclic amines) is 1. The standard InChI is InChI=1S/C34H48N6O6S/c1-6-32(4)15-23(33(5)19(2)7-11-34(20(3)28(32)45)12-8-22(42)27(33)34)46-25(44)17-47-30-26-29(36-18-35-26)38-31(39-30)37-24(43)16-40-13-9-21(41)10-14-40/h6,18-21,23,27-28,41,45H,1,7-17H2,2-5H3,(H2,35,36,37,38,39,43)/t19-,20+,23-,27?,28+,32-,33+,34+/m1/s1. The Morgan fingerprint density at radius 3 is 2.66 bits per heavy atom. The smallest absolute Gasteiger partial charge is 0.316 e. The highest BCUT2D eigenvalue weighted by Crippen LogP contribution is 2.68. The third kappa shape index (κ3) is 6.02. The number of aliphatic hydroxyl groups is 2. The molecule has 8 atom stereocenters. The van der Waals surface area contributed by atoms with E-state index < -0.39 is 29.0 Å². The number of fused-ring (bicyclic) bond motifs is 1. The number of nitrogens with one attached hydrogen (secondary N) is 2. The Morgan fingerprint density at radius 2 is 1.94 bits per heavy atom. The highest BCUT2D eigenvalue weighted by atomic mass is 32.2. The van der Waals surface area contributed by atoms with Crippen LogP contribution in [-0.2, 0) is 19.1 Å². The van der Waals surface area contributed by atoms with E-state index in [1.807, 2.05) is 11.8 Å². The van der Waals surface area contributed by atoms with Crippen LogP contribution in [0.25, 0.3) is 11.2 Å². The first-order valence-corrected chi connectivity index (χ1v) is 17.9. The topological polar surface area (TPSA) is 171 Å². The molecule has 1 saturated heterocycles. The van der Waals surface area contributed by atoms with Crippen LogP contribution in [0.2, 0.25) is 0 Å². The number of H-pyrrole nitrogens is 1. The van der Waals surface area contributed by atoms with Crippen LogP contribution in [0.4, 0.5) is 5.95 Å². The fourth-order valence-corrected chi connectivity index (χ4v) is 10.0. The van der Waals surface area contributed by atoms with Crippen LogP contribution in [0.5, 0.6) is 0 Å². The van der Waals surface area contributed by atoms with Crippen LogP contribution in [0, 0.1) is 34.0 Å². The van der Waals surface area contributed by atoms with Gasteiger partial charge in [-0.2, -0.15) is 4.98 Å². The number of aromatic nitrogens is 4. The number of rotatable bonds is 8. The largest absolute Gasteiger partial charge is 0.461 e. The van der Waals surface area contributed by atoms with E-state index in [0.29, 0.717) is 55.0 Å². The summed E-state index contributed by atoms with van der Waals surface area (Å²) in [6.45, 7) is 13.9. The lowest BCUT2D eigenvalue weighted by atomic mass is 9.44. The van der Waals surface area contributed by atoms with E-state index in [4.69, 9.17) is 4.74 Å². The number of aromatic amines is 1. The van der Waals surface area contributed by atoms with Gasteiger partial charge >= 0.3 is 5.97 Å². The summed E-state index contributed by atoms with van der Waals surface area (Å²) in [5.41, 5.74) is -0.750. The normalized spacial score (nSPS) is 36.4. The SMILES string of the molecule is C=C[C@]1(C)C[C@@H](OC(=O)CSc2nc(NC(=O)CN3CCC(O)CC3)nc3nc[nH]c23)[C@@]2(C)C3C(=O)CC[C@@]3(CC[C@H]2C)[C@@H](C)[C@@H]1O. The zero-order valence-electron chi connectivity index (χ0n) is 27.8. The number of thioether (sulfide) groups is 1. The molecule has 2 aromatic heterocycles. The van der Waals surface area contributed by atoms with Crippen molar-refractivity contribution >= 4 is 46.5 Å². The molecule has 6 rings (SSSR count). The quantitative estimate of drug-likeness (QED) is 0.140. The van der Waals surface area contributed by atoms with Gasteiger partial charge in [-0.05, 0) is 55.8 Å². The number of ether oxygens (including phenoxy) is 1. The van der Waals surface area contributed by atoms with Crippen molar-refractivity contribution in [1.82, 2.24) is 24.8 Å². The summed E-state index contributed by atoms with van der Waals surface area (Å²) in [6, 6.07) is 0. The van der Waals surface area contributed by atoms with E-state index in [2.05, 4.69) is 52.6 Å². The average molecular weight is 669 g/mol. The second-order valence-corrected chi connectivity index (χ2v) is 15.8. The Hall–Kier alpha value is -2.87. The molecule has 1 amide bonds. The van der Waals surface area contributed by atoms with Crippen LogP contribution in [0.15, 0.2) is 24.0 Å². The third-order valence-electron chi connectivity index (χ3n) is 12.3. The van der Waals surface area contributed by atoms with Gasteiger partial charge in [-0.15, -0.1) is 6.58 Å². The Balaban J connectivity index is 1.21. The number of Topliss-reactive ketones (excluding diaryl/α,β-unsaturated/α-hetero) is 1. The van der Waals surface area contributed by atoms with Crippen molar-refractivity contribution in [3.05, 3.63) is 19.0 Å². The maximum absolute atomic E-state index is 13.7. The third-order valence-corrected chi connectivity index (χ3v) is 13.3. The van der Waals surface area contributed by atoms with Crippen LogP contribution in [-0.4, -0.2) is 96.4 Å². The number of hydrogen-bond donors (Lipinski definition) is 4. The Kier molecular flexibility index (Phi) is 9.31. The van der Waals surface area contributed by atoms with E-state index in [0.717, 1.165) is 31.0 Å². The van der Waals surface area contributed by atoms with E-state index in [1.165, 1.54) is 6.33 Å². The highest BCUT2D eigenvalue weighted by Gasteiger charge is 2.68. The second-order valence-electron chi connectivity index (χ2n) is 14.9. The molecule has 3 heterocycles. The molecule has 4 N–H and O–H groups in total. The molecule has 3 saturated carbocycles. The molecule has 1 aliphatic heterocycles. The molecule has 0 spiro atoms. The molecule has 1 unspecified atom stereocenters. The van der Waals surface area contributed by atoms with E-state index >= 15 is 0 Å². The lowest BCUT2D eigenvalue weighted by Gasteiger charge is -2.61. The second kappa shape index (κ2) is 12.9. The first kappa shape index (κ1) is 34.0. The van der Waals surface area contributed by atoms with Gasteiger partial charge in [0.15, 0.2) is 5.65 Å². The van der Waals surface area contributed by atoms with Gasteiger partial charge in [0.2, 0.25) is 11.9 Å². The number of amides is 1. The monoisotopic (exact) mass is 668 g/mol.